The van der Waals surface area contributed by atoms with Crippen LogP contribution in [-0.4, -0.2) is 70.7 Å². The second-order valence-corrected chi connectivity index (χ2v) is 10.6. The lowest BCUT2D eigenvalue weighted by Gasteiger charge is -2.37. The Kier molecular flexibility index (Phi) is 10.3. The third kappa shape index (κ3) is 7.36. The van der Waals surface area contributed by atoms with Crippen molar-refractivity contribution in [2.24, 2.45) is 7.05 Å². The minimum absolute atomic E-state index is 0.0880. The van der Waals surface area contributed by atoms with E-state index >= 15 is 0 Å². The van der Waals surface area contributed by atoms with Gasteiger partial charge in [0.2, 0.25) is 11.9 Å². The first-order valence-corrected chi connectivity index (χ1v) is 14.7. The molecule has 5 rings (SSSR count). The molecular weight excluding hydrogens is 585 g/mol. The normalized spacial score (nSPS) is 13.8. The molecule has 3 aromatic heterocycles. The minimum Gasteiger partial charge on any atom is -0.494 e. The first kappa shape index (κ1) is 33.2. The first-order valence-electron chi connectivity index (χ1n) is 14.7. The first-order chi connectivity index (χ1) is 21.5. The van der Waals surface area contributed by atoms with E-state index in [0.29, 0.717) is 34.2 Å². The summed E-state index contributed by atoms with van der Waals surface area (Å²) in [6, 6.07) is 7.28. The minimum atomic E-state index is -4.69. The van der Waals surface area contributed by atoms with Crippen molar-refractivity contribution in [2.75, 3.05) is 49.8 Å². The molecule has 0 atom stereocenters. The molecule has 4 aromatic rings. The van der Waals surface area contributed by atoms with Crippen LogP contribution in [0.2, 0.25) is 0 Å². The number of ether oxygens (including phenoxy) is 1. The molecule has 0 spiro atoms. The summed E-state index contributed by atoms with van der Waals surface area (Å²) in [4.78, 5) is 29.3. The third-order valence-electron chi connectivity index (χ3n) is 7.62. The van der Waals surface area contributed by atoms with E-state index in [1.54, 1.807) is 42.1 Å². The van der Waals surface area contributed by atoms with E-state index in [2.05, 4.69) is 56.1 Å². The van der Waals surface area contributed by atoms with E-state index in [0.717, 1.165) is 37.8 Å². The molecule has 1 aliphatic rings. The van der Waals surface area contributed by atoms with Gasteiger partial charge >= 0.3 is 6.18 Å². The largest absolute Gasteiger partial charge is 0.494 e. The third-order valence-corrected chi connectivity index (χ3v) is 7.62. The van der Waals surface area contributed by atoms with Crippen LogP contribution in [0.5, 0.6) is 5.75 Å². The van der Waals surface area contributed by atoms with Crippen molar-refractivity contribution >= 4 is 40.0 Å². The monoisotopic (exact) mass is 624 g/mol. The summed E-state index contributed by atoms with van der Waals surface area (Å²) in [6.07, 6.45) is 2.24. The van der Waals surface area contributed by atoms with Crippen LogP contribution in [0.4, 0.5) is 36.2 Å². The van der Waals surface area contributed by atoms with Gasteiger partial charge in [0, 0.05) is 61.8 Å². The highest BCUT2D eigenvalue weighted by Crippen LogP contribution is 2.41. The van der Waals surface area contributed by atoms with Crippen LogP contribution >= 0.6 is 0 Å². The zero-order chi connectivity index (χ0) is 32.9. The predicted molar refractivity (Wildman–Crippen MR) is 172 cm³/mol. The number of rotatable bonds is 8. The highest BCUT2D eigenvalue weighted by molar-refractivity contribution is 6.02. The number of piperidine rings is 1. The number of benzene rings is 1. The highest BCUT2D eigenvalue weighted by Gasteiger charge is 2.36. The predicted octanol–water partition coefficient (Wildman–Crippen LogP) is 6.48. The van der Waals surface area contributed by atoms with Crippen molar-refractivity contribution in [3.05, 3.63) is 61.1 Å². The lowest BCUT2D eigenvalue weighted by atomic mass is 10.0. The Hall–Kier alpha value is -4.65. The zero-order valence-electron chi connectivity index (χ0n) is 26.4. The van der Waals surface area contributed by atoms with E-state index < -0.39 is 17.6 Å². The smallest absolute Gasteiger partial charge is 0.419 e. The number of hydrogen-bond donors (Lipinski definition) is 2. The van der Waals surface area contributed by atoms with E-state index in [-0.39, 0.29) is 17.2 Å². The Labute approximate surface area is 260 Å². The van der Waals surface area contributed by atoms with Gasteiger partial charge in [-0.2, -0.15) is 13.2 Å². The number of methoxy groups -OCH3 is 1. The number of anilines is 4. The average Bonchev–Trinajstić information content (AvgIpc) is 3.41. The van der Waals surface area contributed by atoms with E-state index in [4.69, 9.17) is 4.74 Å². The number of aromatic nitrogens is 4. The van der Waals surface area contributed by atoms with Gasteiger partial charge in [-0.15, -0.1) is 0 Å². The number of hydrogen-bond acceptors (Lipinski definition) is 8. The molecular formula is C32H39F3N8O2. The molecule has 10 nitrogen and oxygen atoms in total. The molecule has 4 heterocycles. The summed E-state index contributed by atoms with van der Waals surface area (Å²) < 4.78 is 49.5. The number of aryl methyl sites for hydroxylation is 1. The molecule has 45 heavy (non-hydrogen) atoms. The number of alkyl halides is 3. The molecule has 0 saturated carbocycles. The number of nitrogens with zero attached hydrogens (tertiary/aromatic N) is 6. The maximum atomic E-state index is 14.0. The Balaban J connectivity index is 0.00000226. The summed E-state index contributed by atoms with van der Waals surface area (Å²) >= 11 is 0. The SMILES string of the molecule is C=CC(=O)Nc1cc(Nc2ncc(C(F)(F)F)c(-c3cnc4c(ccn4C)c3)n2)c(OC)cc1N1CCC(N(C)C)CC1.CC. The number of carbonyl (C=O) groups excluding carboxylic acids is 1. The molecule has 1 fully saturated rings. The maximum Gasteiger partial charge on any atom is 0.419 e. The molecule has 1 aliphatic heterocycles. The number of amides is 1. The van der Waals surface area contributed by atoms with Crippen LogP contribution in [0.3, 0.4) is 0 Å². The van der Waals surface area contributed by atoms with Crippen LogP contribution in [0.15, 0.2) is 55.5 Å². The number of fused-ring (bicyclic) bond motifs is 1. The summed E-state index contributed by atoms with van der Waals surface area (Å²) in [5, 5.41) is 6.52. The Morgan fingerprint density at radius 2 is 1.82 bits per heavy atom. The number of pyridine rings is 1. The van der Waals surface area contributed by atoms with Gasteiger partial charge in [0.1, 0.15) is 17.0 Å². The van der Waals surface area contributed by atoms with Gasteiger partial charge in [0.15, 0.2) is 0 Å². The summed E-state index contributed by atoms with van der Waals surface area (Å²) in [6.45, 7) is 9.08. The van der Waals surface area contributed by atoms with E-state index in [1.165, 1.54) is 19.4 Å². The van der Waals surface area contributed by atoms with Crippen LogP contribution in [0.1, 0.15) is 32.3 Å². The molecule has 0 bridgehead atoms. The van der Waals surface area contributed by atoms with Crippen LogP contribution in [0, 0.1) is 0 Å². The van der Waals surface area contributed by atoms with Crippen molar-refractivity contribution in [3.63, 3.8) is 0 Å². The molecule has 1 aromatic carbocycles. The standard InChI is InChI=1S/C30H33F3N8O2.C2H6/c1-6-26(42)36-22-14-23(25(43-5)15-24(22)41-11-8-20(9-12-41)39(2)3)37-29-35-17-21(30(31,32)33)27(38-29)19-13-18-7-10-40(4)28(18)34-16-19;1-2/h6-7,10,13-17,20H,1,8-9,11-12H2,2-5H3,(H,36,42)(H,35,37,38);1-2H3. The van der Waals surface area contributed by atoms with Gasteiger partial charge in [-0.3, -0.25) is 4.79 Å². The van der Waals surface area contributed by atoms with E-state index in [9.17, 15) is 18.0 Å². The topological polar surface area (TPSA) is 100 Å². The summed E-state index contributed by atoms with van der Waals surface area (Å²) in [7, 11) is 7.42. The van der Waals surface area contributed by atoms with Gasteiger partial charge in [-0.05, 0) is 51.2 Å². The zero-order valence-corrected chi connectivity index (χ0v) is 26.4. The van der Waals surface area contributed by atoms with Gasteiger partial charge in [-0.1, -0.05) is 20.4 Å². The van der Waals surface area contributed by atoms with Crippen LogP contribution < -0.4 is 20.3 Å². The average molecular weight is 625 g/mol. The lowest BCUT2D eigenvalue weighted by Crippen LogP contribution is -2.42. The maximum absolute atomic E-state index is 14.0. The van der Waals surface area contributed by atoms with Crippen LogP contribution in [-0.2, 0) is 18.0 Å². The molecule has 1 amide bonds. The van der Waals surface area contributed by atoms with Crippen molar-refractivity contribution in [1.82, 2.24) is 24.4 Å². The van der Waals surface area contributed by atoms with Crippen molar-refractivity contribution in [2.45, 2.75) is 38.9 Å². The Morgan fingerprint density at radius 3 is 2.44 bits per heavy atom. The fourth-order valence-electron chi connectivity index (χ4n) is 5.28. The van der Waals surface area contributed by atoms with Gasteiger partial charge < -0.3 is 29.7 Å². The van der Waals surface area contributed by atoms with Crippen LogP contribution in [0.25, 0.3) is 22.3 Å². The van der Waals surface area contributed by atoms with Gasteiger partial charge in [0.05, 0.1) is 29.9 Å². The number of carbonyl (C=O) groups is 1. The molecule has 2 N–H and O–H groups in total. The number of nitrogens with one attached hydrogen (secondary N) is 2. The lowest BCUT2D eigenvalue weighted by molar-refractivity contribution is -0.137. The van der Waals surface area contributed by atoms with Gasteiger partial charge in [-0.25, -0.2) is 15.0 Å². The Morgan fingerprint density at radius 1 is 1.11 bits per heavy atom. The second-order valence-electron chi connectivity index (χ2n) is 10.6. The molecule has 240 valence electrons. The quantitative estimate of drug-likeness (QED) is 0.215. The Bertz CT molecular complexity index is 1660. The van der Waals surface area contributed by atoms with Crippen molar-refractivity contribution < 1.29 is 22.7 Å². The number of halogens is 3. The molecule has 0 radical (unpaired) electrons. The second kappa shape index (κ2) is 14.0. The van der Waals surface area contributed by atoms with Crippen molar-refractivity contribution in [1.29, 1.82) is 0 Å². The molecule has 0 unspecified atom stereocenters. The fraction of sp³-hybridized carbons (Fsp3) is 0.375. The fourth-order valence-corrected chi connectivity index (χ4v) is 5.28. The highest BCUT2D eigenvalue weighted by atomic mass is 19.4. The van der Waals surface area contributed by atoms with Crippen molar-refractivity contribution in [3.8, 4) is 17.0 Å². The van der Waals surface area contributed by atoms with Gasteiger partial charge in [0.25, 0.3) is 0 Å². The summed E-state index contributed by atoms with van der Waals surface area (Å²) in [5.41, 5.74) is 1.12. The van der Waals surface area contributed by atoms with E-state index in [1.807, 2.05) is 13.8 Å². The summed E-state index contributed by atoms with van der Waals surface area (Å²) in [5.74, 6) is -0.0915. The molecule has 1 saturated heterocycles. The molecule has 0 aliphatic carbocycles. The molecule has 13 heteroatoms.